The minimum absolute atomic E-state index is 0. The van der Waals surface area contributed by atoms with E-state index in [1.165, 1.54) is 6.33 Å². The summed E-state index contributed by atoms with van der Waals surface area (Å²) in [6.45, 7) is -0.316. The summed E-state index contributed by atoms with van der Waals surface area (Å²) in [6.07, 6.45) is 1.14. The molecule has 0 bridgehead atoms. The van der Waals surface area contributed by atoms with E-state index in [-0.39, 0.29) is 217 Å². The molecular formula is C8H48N2O22V6. The molecule has 1 fully saturated rings. The molecule has 0 amide bonds. The summed E-state index contributed by atoms with van der Waals surface area (Å²) in [5, 5.41) is 27.9. The zero-order chi connectivity index (χ0) is 10.1. The molecule has 1 aliphatic rings. The van der Waals surface area contributed by atoms with Gasteiger partial charge in [-0.25, -0.2) is 4.98 Å². The normalized spacial score (nSPS) is 13.9. The van der Waals surface area contributed by atoms with Crippen molar-refractivity contribution in [3.63, 3.8) is 0 Å². The average Bonchev–Trinajstić information content (AvgIpc) is 2.78. The van der Waals surface area contributed by atoms with Gasteiger partial charge in [-0.2, -0.15) is 0 Å². The molecule has 39 N–H and O–H groups in total. The second-order valence-electron chi connectivity index (χ2n) is 3.24. The van der Waals surface area contributed by atoms with Crippen molar-refractivity contribution in [1.29, 1.82) is 0 Å². The van der Waals surface area contributed by atoms with Gasteiger partial charge in [-0.3, -0.25) is 0 Å². The fraction of sp³-hybridized carbons (Fsp3) is 0.625. The van der Waals surface area contributed by atoms with Crippen LogP contribution in [-0.4, -0.2) is 148 Å². The largest absolute Gasteiger partial charge is 0.412 e. The van der Waals surface area contributed by atoms with Crippen molar-refractivity contribution in [3.05, 3.63) is 18.7 Å². The first-order chi connectivity index (χ1) is 6.74. The van der Waals surface area contributed by atoms with Gasteiger partial charge in [0, 0.05) is 124 Å². The van der Waals surface area contributed by atoms with E-state index in [1.54, 1.807) is 17.0 Å². The number of imidazole rings is 1. The molecule has 1 aliphatic heterocycles. The molecule has 0 aromatic carbocycles. The van der Waals surface area contributed by atoms with Crippen LogP contribution in [0.5, 0.6) is 0 Å². The second-order valence-corrected chi connectivity index (χ2v) is 3.24. The Balaban J connectivity index is -0.00000000446. The van der Waals surface area contributed by atoms with Crippen molar-refractivity contribution in [2.24, 2.45) is 0 Å². The van der Waals surface area contributed by atoms with Crippen molar-refractivity contribution in [2.75, 3.05) is 6.61 Å². The SMILES string of the molecule is O.O.O.O.O.O.O.O.O.O.O.O.O.O.O.O.O.O.OC[C@@H]1O[C@@H](n2ccnc2)[C@H](O)[C@@H]1O.[V].[V].[V].[V].[V].[V]. The van der Waals surface area contributed by atoms with E-state index < -0.39 is 24.5 Å². The molecule has 0 aliphatic carbocycles. The Hall–Kier alpha value is 1.84. The third-order valence-corrected chi connectivity index (χ3v) is 2.34. The Labute approximate surface area is 287 Å². The number of aliphatic hydroxyl groups excluding tert-OH is 3. The van der Waals surface area contributed by atoms with Gasteiger partial charge in [0.05, 0.1) is 12.9 Å². The summed E-state index contributed by atoms with van der Waals surface area (Å²) in [7, 11) is 0. The van der Waals surface area contributed by atoms with Gasteiger partial charge < -0.3 is 123 Å². The third-order valence-electron chi connectivity index (χ3n) is 2.34. The zero-order valence-corrected chi connectivity index (χ0v) is 27.5. The minimum Gasteiger partial charge on any atom is -0.412 e. The average molecular weight is 830 g/mol. The number of aromatic nitrogens is 2. The van der Waals surface area contributed by atoms with E-state index >= 15 is 0 Å². The van der Waals surface area contributed by atoms with Crippen molar-refractivity contribution in [3.8, 4) is 0 Å². The molecule has 1 aromatic heterocycles. The van der Waals surface area contributed by atoms with Gasteiger partial charge >= 0.3 is 0 Å². The predicted octanol–water partition coefficient (Wildman–Crippen LogP) is -16.4. The van der Waals surface area contributed by atoms with Crippen molar-refractivity contribution in [1.82, 2.24) is 9.55 Å². The van der Waals surface area contributed by atoms with Gasteiger partial charge in [0.2, 0.25) is 0 Å². The predicted molar refractivity (Wildman–Crippen MR) is 110 cm³/mol. The van der Waals surface area contributed by atoms with Crippen LogP contribution in [-0.2, 0) is 116 Å². The van der Waals surface area contributed by atoms with Crippen LogP contribution in [0.4, 0.5) is 0 Å². The first kappa shape index (κ1) is 212. The molecule has 0 spiro atoms. The third kappa shape index (κ3) is 54.0. The van der Waals surface area contributed by atoms with Crippen LogP contribution in [0.15, 0.2) is 18.7 Å². The molecule has 4 atom stereocenters. The summed E-state index contributed by atoms with van der Waals surface area (Å²) in [5.41, 5.74) is 0. The maximum Gasteiger partial charge on any atom is 0.164 e. The van der Waals surface area contributed by atoms with Gasteiger partial charge in [0.1, 0.15) is 18.3 Å². The Morgan fingerprint density at radius 1 is 0.553 bits per heavy atom. The molecule has 0 saturated carbocycles. The summed E-state index contributed by atoms with van der Waals surface area (Å²) in [4.78, 5) is 3.80. The summed E-state index contributed by atoms with van der Waals surface area (Å²) in [6, 6.07) is 0. The quantitative estimate of drug-likeness (QED) is 0.261. The molecule has 38 heavy (non-hydrogen) atoms. The molecule has 2 rings (SSSR count). The number of aliphatic hydroxyl groups is 3. The topological polar surface area (TPSA) is 655 Å². The summed E-state index contributed by atoms with van der Waals surface area (Å²) >= 11 is 0. The fourth-order valence-electron chi connectivity index (χ4n) is 1.55. The molecule has 252 valence electrons. The van der Waals surface area contributed by atoms with Crippen LogP contribution in [0.2, 0.25) is 0 Å². The van der Waals surface area contributed by atoms with Crippen LogP contribution >= 0.6 is 0 Å². The standard InChI is InChI=1S/C8H12N2O4.18H2O.6V/c11-3-5-6(12)7(13)8(14-5)10-2-1-9-4-10;;;;;;;;;;;;;;;;;;;;;;;;/h1-2,4-8,11-13H,3H2;18*1H2;;;;;;/t5-,6+,7+,8+;;;;;;;;;;;;;;;;;;;;;;;;/m0......................../s1. The van der Waals surface area contributed by atoms with Gasteiger partial charge in [0.25, 0.3) is 0 Å². The molecule has 1 saturated heterocycles. The maximum absolute atomic E-state index is 9.60. The van der Waals surface area contributed by atoms with Crippen molar-refractivity contribution >= 4 is 0 Å². The second kappa shape index (κ2) is 107. The van der Waals surface area contributed by atoms with Crippen LogP contribution in [0.25, 0.3) is 0 Å². The first-order valence-electron chi connectivity index (χ1n) is 4.34. The first-order valence-corrected chi connectivity index (χ1v) is 4.34. The molecule has 1 aromatic rings. The molecule has 6 radical (unpaired) electrons. The number of hydrogen-bond donors (Lipinski definition) is 3. The van der Waals surface area contributed by atoms with Crippen LogP contribution < -0.4 is 0 Å². The molecular weight excluding hydrogens is 782 g/mol. The fourth-order valence-corrected chi connectivity index (χ4v) is 1.55. The number of nitrogens with zero attached hydrogens (tertiary/aromatic N) is 2. The Kier molecular flexibility index (Phi) is 595. The molecule has 2 heterocycles. The smallest absolute Gasteiger partial charge is 0.164 e. The monoisotopic (exact) mass is 830 g/mol. The van der Waals surface area contributed by atoms with E-state index in [4.69, 9.17) is 9.84 Å². The number of hydrogen-bond acceptors (Lipinski definition) is 5. The number of rotatable bonds is 2. The van der Waals surface area contributed by atoms with Crippen molar-refractivity contribution in [2.45, 2.75) is 24.5 Å². The molecule has 0 unspecified atom stereocenters. The van der Waals surface area contributed by atoms with E-state index in [9.17, 15) is 10.2 Å². The van der Waals surface area contributed by atoms with Crippen LogP contribution in [0.3, 0.4) is 0 Å². The van der Waals surface area contributed by atoms with E-state index in [1.807, 2.05) is 0 Å². The van der Waals surface area contributed by atoms with Gasteiger partial charge in [0.15, 0.2) is 6.23 Å². The van der Waals surface area contributed by atoms with Gasteiger partial charge in [-0.05, 0) is 0 Å². The van der Waals surface area contributed by atoms with E-state index in [2.05, 4.69) is 4.98 Å². The van der Waals surface area contributed by atoms with E-state index in [0.717, 1.165) is 0 Å². The molecule has 30 heteroatoms. The van der Waals surface area contributed by atoms with Crippen LogP contribution in [0, 0.1) is 0 Å². The molecule has 24 nitrogen and oxygen atoms in total. The van der Waals surface area contributed by atoms with Gasteiger partial charge in [-0.15, -0.1) is 0 Å². The number of ether oxygens (including phenoxy) is 1. The maximum atomic E-state index is 9.60. The van der Waals surface area contributed by atoms with Gasteiger partial charge in [-0.1, -0.05) is 0 Å². The minimum atomic E-state index is -1.06. The van der Waals surface area contributed by atoms with E-state index in [0.29, 0.717) is 0 Å². The zero-order valence-electron chi connectivity index (χ0n) is 19.1. The Bertz CT molecular complexity index is 330. The summed E-state index contributed by atoms with van der Waals surface area (Å²) < 4.78 is 6.80. The van der Waals surface area contributed by atoms with Crippen LogP contribution in [0.1, 0.15) is 6.23 Å². The Morgan fingerprint density at radius 3 is 1.03 bits per heavy atom. The van der Waals surface area contributed by atoms with Crippen molar-refractivity contribution < 1.29 is 230 Å². The summed E-state index contributed by atoms with van der Waals surface area (Å²) in [5.74, 6) is 0. The Morgan fingerprint density at radius 2 is 0.842 bits per heavy atom.